The lowest BCUT2D eigenvalue weighted by molar-refractivity contribution is -0.146. The molecule has 3 rings (SSSR count). The van der Waals surface area contributed by atoms with Crippen LogP contribution in [0.15, 0.2) is 24.3 Å². The molecule has 1 unspecified atom stereocenters. The first kappa shape index (κ1) is 16.9. The standard InChI is InChI=1S/C18H24FN3O2/c1-20-17(24)18(12-13-5-7-14(19)8-6-13)9-3-11-22(18)16(23)15-4-2-10-21-15/h5-8,15,21H,2-4,9-12H2,1H3,(H,20,24)/t15?,18-/m0/s1. The van der Waals surface area contributed by atoms with Crippen LogP contribution in [0, 0.1) is 5.82 Å². The Kier molecular flexibility index (Phi) is 4.85. The number of rotatable bonds is 4. The Morgan fingerprint density at radius 3 is 2.71 bits per heavy atom. The van der Waals surface area contributed by atoms with Gasteiger partial charge in [-0.1, -0.05) is 12.1 Å². The minimum atomic E-state index is -0.881. The van der Waals surface area contributed by atoms with Crippen molar-refractivity contribution in [2.45, 2.75) is 43.7 Å². The number of benzene rings is 1. The van der Waals surface area contributed by atoms with Crippen LogP contribution in [0.3, 0.4) is 0 Å². The van der Waals surface area contributed by atoms with Crippen LogP contribution in [-0.4, -0.2) is 48.4 Å². The molecule has 5 nitrogen and oxygen atoms in total. The molecule has 0 saturated carbocycles. The highest BCUT2D eigenvalue weighted by Crippen LogP contribution is 2.34. The van der Waals surface area contributed by atoms with Gasteiger partial charge in [-0.3, -0.25) is 9.59 Å². The molecule has 1 aromatic rings. The fourth-order valence-electron chi connectivity index (χ4n) is 3.96. The van der Waals surface area contributed by atoms with E-state index >= 15 is 0 Å². The third-order valence-corrected chi connectivity index (χ3v) is 5.17. The zero-order valence-electron chi connectivity index (χ0n) is 14.0. The summed E-state index contributed by atoms with van der Waals surface area (Å²) in [6.45, 7) is 1.43. The molecule has 1 aromatic carbocycles. The van der Waals surface area contributed by atoms with Crippen LogP contribution >= 0.6 is 0 Å². The van der Waals surface area contributed by atoms with Gasteiger partial charge in [-0.05, 0) is 49.9 Å². The first-order valence-corrected chi connectivity index (χ1v) is 8.58. The molecule has 2 aliphatic rings. The molecule has 0 spiro atoms. The van der Waals surface area contributed by atoms with Crippen molar-refractivity contribution in [2.24, 2.45) is 0 Å². The molecule has 2 fully saturated rings. The molecular formula is C18H24FN3O2. The summed E-state index contributed by atoms with van der Waals surface area (Å²) in [5.74, 6) is -0.436. The van der Waals surface area contributed by atoms with Gasteiger partial charge in [0.25, 0.3) is 0 Å². The monoisotopic (exact) mass is 333 g/mol. The smallest absolute Gasteiger partial charge is 0.246 e. The third-order valence-electron chi connectivity index (χ3n) is 5.17. The number of hydrogen-bond acceptors (Lipinski definition) is 3. The van der Waals surface area contributed by atoms with Gasteiger partial charge in [-0.15, -0.1) is 0 Å². The highest BCUT2D eigenvalue weighted by molar-refractivity contribution is 5.94. The number of carbonyl (C=O) groups excluding carboxylic acids is 2. The molecule has 2 amide bonds. The fraction of sp³-hybridized carbons (Fsp3) is 0.556. The Labute approximate surface area is 141 Å². The first-order valence-electron chi connectivity index (χ1n) is 8.58. The maximum absolute atomic E-state index is 13.2. The Bertz CT molecular complexity index is 613. The number of nitrogens with one attached hydrogen (secondary N) is 2. The second-order valence-corrected chi connectivity index (χ2v) is 6.66. The van der Waals surface area contributed by atoms with Crippen molar-refractivity contribution in [1.82, 2.24) is 15.5 Å². The maximum atomic E-state index is 13.2. The van der Waals surface area contributed by atoms with Crippen molar-refractivity contribution in [3.8, 4) is 0 Å². The molecule has 2 atom stereocenters. The Balaban J connectivity index is 1.89. The van der Waals surface area contributed by atoms with E-state index in [1.807, 2.05) is 0 Å². The van der Waals surface area contributed by atoms with Gasteiger partial charge in [0.1, 0.15) is 11.4 Å². The normalized spacial score (nSPS) is 26.6. The van der Waals surface area contributed by atoms with Crippen molar-refractivity contribution < 1.29 is 14.0 Å². The summed E-state index contributed by atoms with van der Waals surface area (Å²) < 4.78 is 13.2. The van der Waals surface area contributed by atoms with E-state index in [0.717, 1.165) is 31.4 Å². The zero-order chi connectivity index (χ0) is 17.2. The first-order chi connectivity index (χ1) is 11.6. The number of nitrogens with zero attached hydrogens (tertiary/aromatic N) is 1. The van der Waals surface area contributed by atoms with Crippen LogP contribution in [0.4, 0.5) is 4.39 Å². The highest BCUT2D eigenvalue weighted by atomic mass is 19.1. The van der Waals surface area contributed by atoms with Crippen molar-refractivity contribution in [3.05, 3.63) is 35.6 Å². The van der Waals surface area contributed by atoms with Crippen molar-refractivity contribution in [3.63, 3.8) is 0 Å². The summed E-state index contributed by atoms with van der Waals surface area (Å²) in [6, 6.07) is 5.98. The summed E-state index contributed by atoms with van der Waals surface area (Å²) in [4.78, 5) is 27.4. The topological polar surface area (TPSA) is 61.4 Å². The molecule has 0 aromatic heterocycles. The third kappa shape index (κ3) is 3.02. The Morgan fingerprint density at radius 2 is 2.08 bits per heavy atom. The summed E-state index contributed by atoms with van der Waals surface area (Å²) in [6.07, 6.45) is 3.63. The molecule has 2 N–H and O–H groups in total. The van der Waals surface area contributed by atoms with Gasteiger partial charge in [0.15, 0.2) is 0 Å². The van der Waals surface area contributed by atoms with Gasteiger partial charge in [-0.25, -0.2) is 4.39 Å². The zero-order valence-corrected chi connectivity index (χ0v) is 14.0. The molecule has 0 radical (unpaired) electrons. The molecule has 0 aliphatic carbocycles. The minimum Gasteiger partial charge on any atom is -0.357 e. The lowest BCUT2D eigenvalue weighted by Crippen LogP contribution is -2.60. The van der Waals surface area contributed by atoms with E-state index in [1.165, 1.54) is 12.1 Å². The van der Waals surface area contributed by atoms with Gasteiger partial charge >= 0.3 is 0 Å². The minimum absolute atomic E-state index is 0.00992. The van der Waals surface area contributed by atoms with E-state index in [4.69, 9.17) is 0 Å². The number of hydrogen-bond donors (Lipinski definition) is 2. The number of carbonyl (C=O) groups is 2. The van der Waals surface area contributed by atoms with Crippen molar-refractivity contribution in [1.29, 1.82) is 0 Å². The second-order valence-electron chi connectivity index (χ2n) is 6.66. The van der Waals surface area contributed by atoms with Crippen molar-refractivity contribution >= 4 is 11.8 Å². The van der Waals surface area contributed by atoms with Gasteiger partial charge in [0.05, 0.1) is 6.04 Å². The van der Waals surface area contributed by atoms with Crippen LogP contribution in [-0.2, 0) is 16.0 Å². The fourth-order valence-corrected chi connectivity index (χ4v) is 3.96. The lowest BCUT2D eigenvalue weighted by Gasteiger charge is -2.38. The average Bonchev–Trinajstić information content (AvgIpc) is 3.26. The molecule has 6 heteroatoms. The molecule has 130 valence electrons. The van der Waals surface area contributed by atoms with Crippen LogP contribution in [0.25, 0.3) is 0 Å². The molecule has 24 heavy (non-hydrogen) atoms. The predicted octanol–water partition coefficient (Wildman–Crippen LogP) is 1.23. The summed E-state index contributed by atoms with van der Waals surface area (Å²) >= 11 is 0. The van der Waals surface area contributed by atoms with Crippen molar-refractivity contribution in [2.75, 3.05) is 20.1 Å². The number of halogens is 1. The number of amides is 2. The predicted molar refractivity (Wildman–Crippen MR) is 88.9 cm³/mol. The Hall–Kier alpha value is -1.95. The summed E-state index contributed by atoms with van der Waals surface area (Å²) in [5, 5.41) is 5.95. The van der Waals surface area contributed by atoms with E-state index in [1.54, 1.807) is 24.1 Å². The van der Waals surface area contributed by atoms with Gasteiger partial charge in [0, 0.05) is 20.0 Å². The van der Waals surface area contributed by atoms with Crippen LogP contribution in [0.5, 0.6) is 0 Å². The van der Waals surface area contributed by atoms with Gasteiger partial charge in [-0.2, -0.15) is 0 Å². The average molecular weight is 333 g/mol. The van der Waals surface area contributed by atoms with E-state index in [-0.39, 0.29) is 23.7 Å². The Morgan fingerprint density at radius 1 is 1.33 bits per heavy atom. The molecule has 2 saturated heterocycles. The molecular weight excluding hydrogens is 309 g/mol. The van der Waals surface area contributed by atoms with E-state index in [9.17, 15) is 14.0 Å². The van der Waals surface area contributed by atoms with E-state index < -0.39 is 5.54 Å². The van der Waals surface area contributed by atoms with Crippen LogP contribution < -0.4 is 10.6 Å². The SMILES string of the molecule is CNC(=O)[C@@]1(Cc2ccc(F)cc2)CCCN1C(=O)C1CCCN1. The molecule has 0 bridgehead atoms. The second kappa shape index (κ2) is 6.89. The van der Waals surface area contributed by atoms with Crippen LogP contribution in [0.1, 0.15) is 31.2 Å². The number of likely N-dealkylation sites (tertiary alicyclic amines) is 1. The van der Waals surface area contributed by atoms with Gasteiger partial charge < -0.3 is 15.5 Å². The molecule has 2 heterocycles. The van der Waals surface area contributed by atoms with E-state index in [2.05, 4.69) is 10.6 Å². The largest absolute Gasteiger partial charge is 0.357 e. The van der Waals surface area contributed by atoms with Gasteiger partial charge in [0.2, 0.25) is 11.8 Å². The molecule has 2 aliphatic heterocycles. The lowest BCUT2D eigenvalue weighted by atomic mass is 9.86. The van der Waals surface area contributed by atoms with Crippen LogP contribution in [0.2, 0.25) is 0 Å². The maximum Gasteiger partial charge on any atom is 0.246 e. The number of likely N-dealkylation sites (N-methyl/N-ethyl adjacent to an activating group) is 1. The van der Waals surface area contributed by atoms with E-state index in [0.29, 0.717) is 19.4 Å². The summed E-state index contributed by atoms with van der Waals surface area (Å²) in [5.41, 5.74) is -0.0208. The quantitative estimate of drug-likeness (QED) is 0.871. The highest BCUT2D eigenvalue weighted by Gasteiger charge is 2.50. The summed E-state index contributed by atoms with van der Waals surface area (Å²) in [7, 11) is 1.60.